The highest BCUT2D eigenvalue weighted by Crippen LogP contribution is 2.27. The molecule has 2 aromatic rings. The summed E-state index contributed by atoms with van der Waals surface area (Å²) in [5.41, 5.74) is 4.24. The Hall–Kier alpha value is -3.29. The average Bonchev–Trinajstić information content (AvgIpc) is 3.56. The van der Waals surface area contributed by atoms with Crippen LogP contribution in [0.4, 0.5) is 0 Å². The highest BCUT2D eigenvalue weighted by Gasteiger charge is 2.23. The van der Waals surface area contributed by atoms with Gasteiger partial charge in [0.2, 0.25) is 0 Å². The summed E-state index contributed by atoms with van der Waals surface area (Å²) in [7, 11) is 4.18. The topological polar surface area (TPSA) is 93.4 Å². The number of carboxylic acids is 1. The first kappa shape index (κ1) is 44.7. The molecule has 0 radical (unpaired) electrons. The minimum atomic E-state index is -0.745. The van der Waals surface area contributed by atoms with Crippen molar-refractivity contribution in [2.24, 2.45) is 28.7 Å². The number of piperidine rings is 1. The van der Waals surface area contributed by atoms with Crippen molar-refractivity contribution in [3.63, 3.8) is 0 Å². The fourth-order valence-corrected chi connectivity index (χ4v) is 6.63. The van der Waals surface area contributed by atoms with Gasteiger partial charge in [-0.25, -0.2) is 0 Å². The molecule has 1 saturated carbocycles. The van der Waals surface area contributed by atoms with Crippen LogP contribution in [0.1, 0.15) is 97.5 Å². The van der Waals surface area contributed by atoms with Crippen molar-refractivity contribution in [2.45, 2.75) is 98.3 Å². The lowest BCUT2D eigenvalue weighted by atomic mass is 9.86. The lowest BCUT2D eigenvalue weighted by Crippen LogP contribution is -2.33. The van der Waals surface area contributed by atoms with E-state index in [0.717, 1.165) is 18.3 Å². The van der Waals surface area contributed by atoms with Crippen molar-refractivity contribution in [3.8, 4) is 0 Å². The highest BCUT2D eigenvalue weighted by atomic mass is 16.4. The predicted molar refractivity (Wildman–Crippen MR) is 211 cm³/mol. The molecule has 3 aliphatic rings. The Morgan fingerprint density at radius 1 is 0.900 bits per heavy atom. The van der Waals surface area contributed by atoms with Gasteiger partial charge in [-0.05, 0) is 101 Å². The first-order chi connectivity index (χ1) is 24.2. The van der Waals surface area contributed by atoms with Gasteiger partial charge in [-0.2, -0.15) is 0 Å². The number of nitrogens with zero attached hydrogens (tertiary/aromatic N) is 3. The van der Waals surface area contributed by atoms with Gasteiger partial charge >= 0.3 is 5.97 Å². The molecule has 1 aliphatic carbocycles. The zero-order valence-electron chi connectivity index (χ0n) is 32.2. The zero-order chi connectivity index (χ0) is 37.0. The number of carbonyl (C=O) groups is 2. The summed E-state index contributed by atoms with van der Waals surface area (Å²) in [5.74, 6) is 2.50. The van der Waals surface area contributed by atoms with Crippen molar-refractivity contribution < 1.29 is 19.8 Å². The second kappa shape index (κ2) is 28.4. The molecule has 7 heteroatoms. The normalized spacial score (nSPS) is 19.5. The summed E-state index contributed by atoms with van der Waals surface area (Å²) < 4.78 is 0. The van der Waals surface area contributed by atoms with Gasteiger partial charge in [0.25, 0.3) is 6.47 Å². The van der Waals surface area contributed by atoms with Gasteiger partial charge < -0.3 is 20.0 Å². The largest absolute Gasteiger partial charge is 0.483 e. The van der Waals surface area contributed by atoms with E-state index >= 15 is 0 Å². The molecule has 3 fully saturated rings. The molecule has 280 valence electrons. The van der Waals surface area contributed by atoms with Gasteiger partial charge in [-0.1, -0.05) is 119 Å². The average molecular weight is 692 g/mol. The molecule has 2 saturated heterocycles. The number of allylic oxidation sites excluding steroid dienone is 2. The third-order valence-electron chi connectivity index (χ3n) is 9.94. The Labute approximate surface area is 304 Å². The molecule has 5 rings (SSSR count). The molecular formula is C43H69N3O4. The quantitative estimate of drug-likeness (QED) is 0.201. The van der Waals surface area contributed by atoms with Crippen LogP contribution in [0.15, 0.2) is 83.4 Å². The van der Waals surface area contributed by atoms with Crippen LogP contribution in [0.3, 0.4) is 0 Å². The first-order valence-corrected chi connectivity index (χ1v) is 19.1. The van der Waals surface area contributed by atoms with Crippen LogP contribution < -0.4 is 0 Å². The summed E-state index contributed by atoms with van der Waals surface area (Å²) in [6.45, 7) is 14.9. The molecule has 2 unspecified atom stereocenters. The molecular weight excluding hydrogens is 622 g/mol. The minimum Gasteiger partial charge on any atom is -0.483 e. The first-order valence-electron chi connectivity index (χ1n) is 19.1. The Kier molecular flexibility index (Phi) is 25.4. The van der Waals surface area contributed by atoms with Crippen molar-refractivity contribution in [1.29, 1.82) is 0 Å². The Balaban J connectivity index is 0.000000384. The number of carboxylic acid groups (broad SMARTS) is 2. The van der Waals surface area contributed by atoms with Gasteiger partial charge in [0.05, 0.1) is 0 Å². The molecule has 2 aromatic carbocycles. The molecule has 50 heavy (non-hydrogen) atoms. The fourth-order valence-electron chi connectivity index (χ4n) is 6.63. The summed E-state index contributed by atoms with van der Waals surface area (Å²) >= 11 is 0. The molecule has 0 amide bonds. The van der Waals surface area contributed by atoms with Gasteiger partial charge in [0, 0.05) is 38.2 Å². The molecule has 7 nitrogen and oxygen atoms in total. The lowest BCUT2D eigenvalue weighted by molar-refractivity contribution is -0.136. The molecule has 0 aromatic heterocycles. The third-order valence-corrected chi connectivity index (χ3v) is 9.94. The monoisotopic (exact) mass is 692 g/mol. The van der Waals surface area contributed by atoms with Gasteiger partial charge in [-0.3, -0.25) is 14.6 Å². The van der Waals surface area contributed by atoms with Crippen LogP contribution in [0.5, 0.6) is 0 Å². The summed E-state index contributed by atoms with van der Waals surface area (Å²) in [6.07, 6.45) is 16.3. The van der Waals surface area contributed by atoms with E-state index in [2.05, 4.69) is 79.0 Å². The molecule has 0 bridgehead atoms. The van der Waals surface area contributed by atoms with Crippen molar-refractivity contribution >= 4 is 18.2 Å². The van der Waals surface area contributed by atoms with E-state index in [1.807, 2.05) is 43.4 Å². The van der Waals surface area contributed by atoms with E-state index in [-0.39, 0.29) is 12.9 Å². The predicted octanol–water partition coefficient (Wildman–Crippen LogP) is 9.39. The summed E-state index contributed by atoms with van der Waals surface area (Å²) in [6, 6.07) is 22.8. The van der Waals surface area contributed by atoms with Gasteiger partial charge in [0.15, 0.2) is 0 Å². The van der Waals surface area contributed by atoms with Crippen LogP contribution >= 0.6 is 0 Å². The number of aliphatic carboxylic acids is 1. The number of rotatable bonds is 9. The van der Waals surface area contributed by atoms with Crippen molar-refractivity contribution in [1.82, 2.24) is 9.80 Å². The molecule has 2 atom stereocenters. The lowest BCUT2D eigenvalue weighted by Gasteiger charge is -2.29. The SMILES string of the molecule is CC1CCN(CC2CCCCC2)C1.CCC(=O)O.CCC(C)/C(=C\C(=NC)C1CCN(C)CC1)Cc1ccccc1.O=CO.c1ccccc1. The van der Waals surface area contributed by atoms with Crippen LogP contribution in [0.25, 0.3) is 0 Å². The fraction of sp³-hybridized carbons (Fsp3) is 0.605. The maximum Gasteiger partial charge on any atom is 0.303 e. The highest BCUT2D eigenvalue weighted by molar-refractivity contribution is 5.97. The smallest absolute Gasteiger partial charge is 0.303 e. The van der Waals surface area contributed by atoms with Crippen LogP contribution in [-0.2, 0) is 16.0 Å². The number of hydrogen-bond acceptors (Lipinski definition) is 5. The number of hydrogen-bond donors (Lipinski definition) is 2. The number of benzene rings is 2. The Morgan fingerprint density at radius 2 is 1.42 bits per heavy atom. The third kappa shape index (κ3) is 21.0. The number of aliphatic imine (C=N–C) groups is 1. The summed E-state index contributed by atoms with van der Waals surface area (Å²) in [5, 5.41) is 14.6. The van der Waals surface area contributed by atoms with E-state index in [4.69, 9.17) is 15.0 Å². The van der Waals surface area contributed by atoms with Crippen LogP contribution in [-0.4, -0.2) is 85.0 Å². The van der Waals surface area contributed by atoms with E-state index in [9.17, 15) is 4.79 Å². The molecule has 0 spiro atoms. The van der Waals surface area contributed by atoms with E-state index in [0.29, 0.717) is 11.8 Å². The van der Waals surface area contributed by atoms with Crippen molar-refractivity contribution in [2.75, 3.05) is 46.8 Å². The van der Waals surface area contributed by atoms with E-state index in [1.165, 1.54) is 107 Å². The second-order valence-corrected chi connectivity index (χ2v) is 14.1. The maximum atomic E-state index is 9.37. The van der Waals surface area contributed by atoms with Gasteiger partial charge in [-0.15, -0.1) is 0 Å². The molecule has 2 aliphatic heterocycles. The molecule has 2 heterocycles. The maximum absolute atomic E-state index is 9.37. The van der Waals surface area contributed by atoms with Crippen LogP contribution in [0.2, 0.25) is 0 Å². The Bertz CT molecular complexity index is 1140. The zero-order valence-corrected chi connectivity index (χ0v) is 32.2. The van der Waals surface area contributed by atoms with Crippen molar-refractivity contribution in [3.05, 3.63) is 83.9 Å². The van der Waals surface area contributed by atoms with E-state index < -0.39 is 5.97 Å². The minimum absolute atomic E-state index is 0.222. The Morgan fingerprint density at radius 3 is 1.86 bits per heavy atom. The second-order valence-electron chi connectivity index (χ2n) is 14.1. The van der Waals surface area contributed by atoms with Gasteiger partial charge in [0.1, 0.15) is 0 Å². The van der Waals surface area contributed by atoms with E-state index in [1.54, 1.807) is 6.92 Å². The number of likely N-dealkylation sites (tertiary alicyclic amines) is 2. The standard InChI is InChI=1S/C21H32N2.C12H23N.C6H6.C3H6O2.CH2O2/c1-5-17(2)20(15-18-9-7-6-8-10-18)16-21(22-3)19-11-13-23(4)14-12-19;1-11-7-8-13(9-11)10-12-5-3-2-4-6-12;1-2-4-6-5-3-1;1-2-3(4)5;2-1-3/h6-10,16-17,19H,5,11-15H2,1-4H3;11-12H,2-10H2,1H3;1-6H;2H2,1H3,(H,4,5);1H,(H,2,3)/b20-16-,22-21?;;;;. The van der Waals surface area contributed by atoms with Crippen LogP contribution in [0, 0.1) is 23.7 Å². The summed E-state index contributed by atoms with van der Waals surface area (Å²) in [4.78, 5) is 27.5. The molecule has 2 N–H and O–H groups in total.